The molecule has 0 radical (unpaired) electrons. The minimum Gasteiger partial charge on any atom is -0.493 e. The lowest BCUT2D eigenvalue weighted by Crippen LogP contribution is -2.32. The maximum Gasteiger partial charge on any atom is 0.240 e. The predicted molar refractivity (Wildman–Crippen MR) is 114 cm³/mol. The van der Waals surface area contributed by atoms with Gasteiger partial charge in [0.1, 0.15) is 5.83 Å². The van der Waals surface area contributed by atoms with Gasteiger partial charge in [-0.2, -0.15) is 0 Å². The van der Waals surface area contributed by atoms with Crippen LogP contribution in [0.25, 0.3) is 10.9 Å². The van der Waals surface area contributed by atoms with Crippen molar-refractivity contribution in [3.8, 4) is 5.88 Å². The molecule has 0 spiro atoms. The molecule has 2 aromatic rings. The Morgan fingerprint density at radius 2 is 2.10 bits per heavy atom. The minimum atomic E-state index is -0.403. The second kappa shape index (κ2) is 8.39. The summed E-state index contributed by atoms with van der Waals surface area (Å²) in [7, 11) is 1.86. The maximum absolute atomic E-state index is 13.0. The van der Waals surface area contributed by atoms with Crippen LogP contribution in [-0.4, -0.2) is 33.7 Å². The number of hydrogen-bond acceptors (Lipinski definition) is 6. The number of benzene rings is 1. The summed E-state index contributed by atoms with van der Waals surface area (Å²) >= 11 is 0. The first-order valence-electron chi connectivity index (χ1n) is 10.1. The standard InChI is InChI=1S/C22H27FN4O3/c1-13-8-15(9-14(2)30-13)12-29-22-18-6-5-17(10-20(18)27(3)26-22)25-21(28)19-7-4-16(23)11-24-19/h4-7,10-11,13-15,24-25,28H,8-9,12H2,1-3H3. The lowest BCUT2D eigenvalue weighted by atomic mass is 9.93. The Bertz CT molecular complexity index is 1020. The van der Waals surface area contributed by atoms with Gasteiger partial charge in [0.15, 0.2) is 0 Å². The largest absolute Gasteiger partial charge is 0.493 e. The van der Waals surface area contributed by atoms with Crippen molar-refractivity contribution in [2.24, 2.45) is 13.0 Å². The Balaban J connectivity index is 1.47. The van der Waals surface area contributed by atoms with E-state index in [1.54, 1.807) is 4.68 Å². The van der Waals surface area contributed by atoms with Crippen LogP contribution in [0.4, 0.5) is 10.1 Å². The molecule has 160 valence electrons. The number of aryl methyl sites for hydroxylation is 1. The third-order valence-corrected chi connectivity index (χ3v) is 5.36. The molecule has 2 aliphatic heterocycles. The molecule has 30 heavy (non-hydrogen) atoms. The number of nitrogens with one attached hydrogen (secondary N) is 2. The summed E-state index contributed by atoms with van der Waals surface area (Å²) < 4.78 is 26.7. The number of aromatic nitrogens is 2. The molecule has 1 fully saturated rings. The van der Waals surface area contributed by atoms with E-state index >= 15 is 0 Å². The van der Waals surface area contributed by atoms with E-state index in [0.29, 0.717) is 29.8 Å². The van der Waals surface area contributed by atoms with Crippen molar-refractivity contribution in [2.45, 2.75) is 38.9 Å². The molecule has 2 aliphatic rings. The number of rotatable bonds is 5. The molecule has 7 nitrogen and oxygen atoms in total. The van der Waals surface area contributed by atoms with Crippen molar-refractivity contribution >= 4 is 16.6 Å². The van der Waals surface area contributed by atoms with E-state index in [2.05, 4.69) is 29.6 Å². The lowest BCUT2D eigenvalue weighted by Gasteiger charge is -2.31. The van der Waals surface area contributed by atoms with E-state index in [9.17, 15) is 9.50 Å². The highest BCUT2D eigenvalue weighted by molar-refractivity contribution is 5.87. The van der Waals surface area contributed by atoms with Gasteiger partial charge in [-0.15, -0.1) is 5.10 Å². The van der Waals surface area contributed by atoms with Crippen LogP contribution in [-0.2, 0) is 11.8 Å². The van der Waals surface area contributed by atoms with Crippen LogP contribution in [0.5, 0.6) is 5.88 Å². The first kappa shape index (κ1) is 20.3. The van der Waals surface area contributed by atoms with E-state index in [1.807, 2.05) is 25.2 Å². The SMILES string of the molecule is CC1CC(COc2nn(C)c3cc(NC(O)=C4C=CC(F)=CN4)ccc23)CC(C)O1. The molecule has 4 rings (SSSR count). The first-order chi connectivity index (χ1) is 14.4. The van der Waals surface area contributed by atoms with E-state index < -0.39 is 5.83 Å². The fraction of sp³-hybridized carbons (Fsp3) is 0.409. The van der Waals surface area contributed by atoms with Gasteiger partial charge >= 0.3 is 0 Å². The summed E-state index contributed by atoms with van der Waals surface area (Å²) in [5.41, 5.74) is 1.93. The van der Waals surface area contributed by atoms with Gasteiger partial charge in [-0.3, -0.25) is 4.68 Å². The molecule has 3 heterocycles. The summed E-state index contributed by atoms with van der Waals surface area (Å²) in [4.78, 5) is 0. The number of anilines is 1. The molecule has 0 aliphatic carbocycles. The van der Waals surface area contributed by atoms with Crippen LogP contribution in [0.15, 0.2) is 54.0 Å². The summed E-state index contributed by atoms with van der Waals surface area (Å²) in [6.45, 7) is 4.81. The average molecular weight is 414 g/mol. The number of ether oxygens (including phenoxy) is 2. The van der Waals surface area contributed by atoms with E-state index in [4.69, 9.17) is 9.47 Å². The topological polar surface area (TPSA) is 80.6 Å². The molecule has 3 N–H and O–H groups in total. The molecule has 1 saturated heterocycles. The molecule has 0 amide bonds. The number of nitrogens with zero attached hydrogens (tertiary/aromatic N) is 2. The molecule has 1 aromatic heterocycles. The first-order valence-corrected chi connectivity index (χ1v) is 10.1. The number of aliphatic hydroxyl groups is 1. The van der Waals surface area contributed by atoms with E-state index in [0.717, 1.165) is 23.7 Å². The van der Waals surface area contributed by atoms with Crippen molar-refractivity contribution in [3.05, 3.63) is 54.0 Å². The molecule has 0 bridgehead atoms. The molecule has 1 aromatic carbocycles. The van der Waals surface area contributed by atoms with Crippen molar-refractivity contribution in [1.29, 1.82) is 0 Å². The molecule has 2 atom stereocenters. The van der Waals surface area contributed by atoms with E-state index in [1.165, 1.54) is 18.4 Å². The average Bonchev–Trinajstić information content (AvgIpc) is 3.01. The lowest BCUT2D eigenvalue weighted by molar-refractivity contribution is -0.0594. The Labute approximate surface area is 174 Å². The Hall–Kier alpha value is -3.00. The zero-order chi connectivity index (χ0) is 21.3. The highest BCUT2D eigenvalue weighted by atomic mass is 19.1. The summed E-state index contributed by atoms with van der Waals surface area (Å²) in [6.07, 6.45) is 6.39. The third-order valence-electron chi connectivity index (χ3n) is 5.36. The number of allylic oxidation sites excluding steroid dienone is 3. The highest BCUT2D eigenvalue weighted by Gasteiger charge is 2.25. The zero-order valence-corrected chi connectivity index (χ0v) is 17.4. The van der Waals surface area contributed by atoms with Crippen LogP contribution in [0, 0.1) is 5.92 Å². The predicted octanol–water partition coefficient (Wildman–Crippen LogP) is 4.27. The van der Waals surface area contributed by atoms with Crippen molar-refractivity contribution < 1.29 is 19.0 Å². The summed E-state index contributed by atoms with van der Waals surface area (Å²) in [6, 6.07) is 5.64. The fourth-order valence-corrected chi connectivity index (χ4v) is 4.04. The van der Waals surface area contributed by atoms with Crippen LogP contribution in [0.3, 0.4) is 0 Å². The molecule has 8 heteroatoms. The number of aliphatic hydroxyl groups excluding tert-OH is 1. The second-order valence-electron chi connectivity index (χ2n) is 7.96. The number of hydrogen-bond donors (Lipinski definition) is 3. The Morgan fingerprint density at radius 1 is 1.33 bits per heavy atom. The summed E-state index contributed by atoms with van der Waals surface area (Å²) in [5, 5.41) is 21.3. The van der Waals surface area contributed by atoms with Gasteiger partial charge in [-0.05, 0) is 63.0 Å². The van der Waals surface area contributed by atoms with E-state index in [-0.39, 0.29) is 18.1 Å². The molecular formula is C22H27FN4O3. The third kappa shape index (κ3) is 4.43. The van der Waals surface area contributed by atoms with Crippen LogP contribution in [0.1, 0.15) is 26.7 Å². The second-order valence-corrected chi connectivity index (χ2v) is 7.96. The quantitative estimate of drug-likeness (QED) is 0.634. The Kier molecular flexibility index (Phi) is 5.67. The van der Waals surface area contributed by atoms with Crippen LogP contribution >= 0.6 is 0 Å². The zero-order valence-electron chi connectivity index (χ0n) is 17.4. The van der Waals surface area contributed by atoms with Crippen molar-refractivity contribution in [1.82, 2.24) is 15.1 Å². The van der Waals surface area contributed by atoms with Crippen LogP contribution in [0.2, 0.25) is 0 Å². The maximum atomic E-state index is 13.0. The normalized spacial score (nSPS) is 25.6. The number of fused-ring (bicyclic) bond motifs is 1. The number of dihydropyridines is 1. The van der Waals surface area contributed by atoms with Gasteiger partial charge in [0.25, 0.3) is 0 Å². The summed E-state index contributed by atoms with van der Waals surface area (Å²) in [5.74, 6) is 0.543. The highest BCUT2D eigenvalue weighted by Crippen LogP contribution is 2.30. The van der Waals surface area contributed by atoms with Gasteiger partial charge in [-0.25, -0.2) is 4.39 Å². The van der Waals surface area contributed by atoms with Crippen LogP contribution < -0.4 is 15.4 Å². The molecule has 2 unspecified atom stereocenters. The van der Waals surface area contributed by atoms with Gasteiger partial charge in [0, 0.05) is 18.9 Å². The molecule has 0 saturated carbocycles. The monoisotopic (exact) mass is 414 g/mol. The van der Waals surface area contributed by atoms with Gasteiger partial charge < -0.3 is 25.2 Å². The van der Waals surface area contributed by atoms with Gasteiger partial charge in [0.2, 0.25) is 11.8 Å². The van der Waals surface area contributed by atoms with Crippen molar-refractivity contribution in [3.63, 3.8) is 0 Å². The Morgan fingerprint density at radius 3 is 2.80 bits per heavy atom. The van der Waals surface area contributed by atoms with Gasteiger partial charge in [0.05, 0.1) is 35.4 Å². The molecular weight excluding hydrogens is 387 g/mol. The smallest absolute Gasteiger partial charge is 0.240 e. The van der Waals surface area contributed by atoms with Gasteiger partial charge in [-0.1, -0.05) is 0 Å². The fourth-order valence-electron chi connectivity index (χ4n) is 4.04. The minimum absolute atomic E-state index is 0.101. The van der Waals surface area contributed by atoms with Crippen molar-refractivity contribution in [2.75, 3.05) is 11.9 Å². The number of halogens is 1.